The molecule has 29 heavy (non-hydrogen) atoms. The summed E-state index contributed by atoms with van der Waals surface area (Å²) in [6.45, 7) is 5.44. The fourth-order valence-electron chi connectivity index (χ4n) is 5.79. The lowest BCUT2D eigenvalue weighted by Gasteiger charge is -2.41. The zero-order valence-electron chi connectivity index (χ0n) is 17.2. The molecule has 1 saturated carbocycles. The predicted octanol–water partition coefficient (Wildman–Crippen LogP) is 2.45. The van der Waals surface area contributed by atoms with Crippen LogP contribution >= 0.6 is 0 Å². The van der Waals surface area contributed by atoms with Crippen LogP contribution in [0.2, 0.25) is 0 Å². The van der Waals surface area contributed by atoms with E-state index in [1.165, 1.54) is 25.7 Å². The number of aromatic nitrogens is 3. The molecule has 2 aliphatic heterocycles. The van der Waals surface area contributed by atoms with Crippen molar-refractivity contribution in [3.05, 3.63) is 33.4 Å². The molecule has 0 aromatic carbocycles. The van der Waals surface area contributed by atoms with E-state index in [2.05, 4.69) is 10.3 Å². The normalized spacial score (nSPS) is 25.9. The number of amides is 1. The first-order chi connectivity index (χ1) is 14.1. The Kier molecular flexibility index (Phi) is 4.94. The van der Waals surface area contributed by atoms with Crippen LogP contribution in [0.5, 0.6) is 0 Å². The van der Waals surface area contributed by atoms with E-state index in [-0.39, 0.29) is 11.5 Å². The summed E-state index contributed by atoms with van der Waals surface area (Å²) in [6.07, 6.45) is 8.24. The summed E-state index contributed by atoms with van der Waals surface area (Å²) in [5.41, 5.74) is 2.63. The topological polar surface area (TPSA) is 82.5 Å². The van der Waals surface area contributed by atoms with Crippen LogP contribution in [0.4, 0.5) is 0 Å². The predicted molar refractivity (Wildman–Crippen MR) is 111 cm³/mol. The molecule has 7 heteroatoms. The lowest BCUT2D eigenvalue weighted by molar-refractivity contribution is 0.0522. The van der Waals surface area contributed by atoms with Crippen molar-refractivity contribution in [2.45, 2.75) is 57.8 Å². The number of nitrogens with zero attached hydrogens (tertiary/aromatic N) is 3. The molecule has 3 aliphatic rings. The molecule has 2 N–H and O–H groups in total. The largest absolute Gasteiger partial charge is 0.338 e. The number of hydrogen-bond acceptors (Lipinski definition) is 4. The summed E-state index contributed by atoms with van der Waals surface area (Å²) >= 11 is 0. The van der Waals surface area contributed by atoms with Gasteiger partial charge in [-0.3, -0.25) is 9.59 Å². The van der Waals surface area contributed by atoms with Gasteiger partial charge in [0.2, 0.25) is 0 Å². The molecule has 3 fully saturated rings. The Morgan fingerprint density at radius 2 is 1.86 bits per heavy atom. The van der Waals surface area contributed by atoms with Crippen molar-refractivity contribution in [2.24, 2.45) is 11.8 Å². The minimum absolute atomic E-state index is 0.0274. The molecule has 1 amide bonds. The Morgan fingerprint density at radius 1 is 1.10 bits per heavy atom. The standard InChI is InChI=1S/C22H31N5O2/c1-14-20(22(29)26-11-8-15-4-2-3-5-17(15)13-26)21-24-19(28)12-18(27(21)25-14)16-6-9-23-10-7-16/h12,15-17,23H,2-11,13H2,1H3,(H,24,28). The molecule has 5 rings (SSSR count). The third-order valence-electron chi connectivity index (χ3n) is 7.38. The number of hydrogen-bond donors (Lipinski definition) is 2. The summed E-state index contributed by atoms with van der Waals surface area (Å²) in [6, 6.07) is 1.66. The van der Waals surface area contributed by atoms with Crippen molar-refractivity contribution in [2.75, 3.05) is 26.2 Å². The van der Waals surface area contributed by atoms with Crippen molar-refractivity contribution in [3.8, 4) is 0 Å². The van der Waals surface area contributed by atoms with Crippen LogP contribution in [0.3, 0.4) is 0 Å². The maximum absolute atomic E-state index is 13.5. The maximum atomic E-state index is 13.5. The lowest BCUT2D eigenvalue weighted by atomic mass is 9.75. The monoisotopic (exact) mass is 397 g/mol. The Bertz CT molecular complexity index is 971. The highest BCUT2D eigenvalue weighted by Crippen LogP contribution is 2.37. The third-order valence-corrected chi connectivity index (χ3v) is 7.38. The molecule has 156 valence electrons. The van der Waals surface area contributed by atoms with Gasteiger partial charge in [-0.15, -0.1) is 0 Å². The molecule has 2 aromatic heterocycles. The van der Waals surface area contributed by atoms with Crippen LogP contribution in [0.1, 0.15) is 72.6 Å². The summed E-state index contributed by atoms with van der Waals surface area (Å²) < 4.78 is 1.83. The zero-order chi connectivity index (χ0) is 20.0. The fourth-order valence-corrected chi connectivity index (χ4v) is 5.79. The van der Waals surface area contributed by atoms with Gasteiger partial charge in [-0.25, -0.2) is 4.52 Å². The minimum Gasteiger partial charge on any atom is -0.338 e. The Labute approximate surface area is 170 Å². The molecule has 2 unspecified atom stereocenters. The van der Waals surface area contributed by atoms with E-state index in [1.807, 2.05) is 16.3 Å². The third kappa shape index (κ3) is 3.39. The van der Waals surface area contributed by atoms with E-state index in [9.17, 15) is 9.59 Å². The average Bonchev–Trinajstić information content (AvgIpc) is 3.08. The first kappa shape index (κ1) is 18.9. The number of likely N-dealkylation sites (tertiary alicyclic amines) is 1. The van der Waals surface area contributed by atoms with Crippen LogP contribution in [-0.4, -0.2) is 51.6 Å². The van der Waals surface area contributed by atoms with Crippen molar-refractivity contribution in [3.63, 3.8) is 0 Å². The number of piperidine rings is 2. The van der Waals surface area contributed by atoms with Gasteiger partial charge in [0.15, 0.2) is 0 Å². The van der Waals surface area contributed by atoms with E-state index in [4.69, 9.17) is 5.10 Å². The highest BCUT2D eigenvalue weighted by molar-refractivity contribution is 6.01. The highest BCUT2D eigenvalue weighted by atomic mass is 16.2. The molecular weight excluding hydrogens is 366 g/mol. The SMILES string of the molecule is Cc1nn2c(C3CCNCC3)cc(=O)[nH]c2c1C(=O)N1CCC2CCCCC2C1. The molecule has 7 nitrogen and oxygen atoms in total. The minimum atomic E-state index is -0.147. The lowest BCUT2D eigenvalue weighted by Crippen LogP contribution is -2.45. The van der Waals surface area contributed by atoms with Crippen molar-refractivity contribution >= 4 is 11.6 Å². The van der Waals surface area contributed by atoms with Gasteiger partial charge in [-0.2, -0.15) is 5.10 Å². The van der Waals surface area contributed by atoms with Crippen LogP contribution in [0.15, 0.2) is 10.9 Å². The molecule has 4 heterocycles. The Morgan fingerprint density at radius 3 is 2.66 bits per heavy atom. The maximum Gasteiger partial charge on any atom is 0.259 e. The number of H-pyrrole nitrogens is 1. The van der Waals surface area contributed by atoms with Gasteiger partial charge in [0.1, 0.15) is 11.2 Å². The average molecular weight is 398 g/mol. The van der Waals surface area contributed by atoms with E-state index in [1.54, 1.807) is 6.07 Å². The number of carbonyl (C=O) groups is 1. The molecule has 0 spiro atoms. The first-order valence-corrected chi connectivity index (χ1v) is 11.2. The molecule has 0 radical (unpaired) electrons. The van der Waals surface area contributed by atoms with Gasteiger partial charge in [0.25, 0.3) is 11.5 Å². The van der Waals surface area contributed by atoms with Crippen LogP contribution < -0.4 is 10.9 Å². The van der Waals surface area contributed by atoms with Crippen LogP contribution in [-0.2, 0) is 0 Å². The van der Waals surface area contributed by atoms with E-state index >= 15 is 0 Å². The molecule has 2 aromatic rings. The second-order valence-electron chi connectivity index (χ2n) is 9.15. The number of nitrogens with one attached hydrogen (secondary N) is 2. The van der Waals surface area contributed by atoms with E-state index < -0.39 is 0 Å². The van der Waals surface area contributed by atoms with E-state index in [0.717, 1.165) is 57.1 Å². The Hall–Kier alpha value is -2.15. The van der Waals surface area contributed by atoms with Crippen LogP contribution in [0, 0.1) is 18.8 Å². The molecule has 2 saturated heterocycles. The second kappa shape index (κ2) is 7.59. The van der Waals surface area contributed by atoms with Gasteiger partial charge < -0.3 is 15.2 Å². The quantitative estimate of drug-likeness (QED) is 0.815. The zero-order valence-corrected chi connectivity index (χ0v) is 17.2. The second-order valence-corrected chi connectivity index (χ2v) is 9.15. The Balaban J connectivity index is 1.50. The summed E-state index contributed by atoms with van der Waals surface area (Å²) in [5, 5.41) is 8.08. The van der Waals surface area contributed by atoms with Crippen molar-refractivity contribution < 1.29 is 4.79 Å². The fraction of sp³-hybridized carbons (Fsp3) is 0.682. The molecule has 2 atom stereocenters. The van der Waals surface area contributed by atoms with Crippen molar-refractivity contribution in [1.82, 2.24) is 24.8 Å². The number of rotatable bonds is 2. The summed E-state index contributed by atoms with van der Waals surface area (Å²) in [5.74, 6) is 1.73. The summed E-state index contributed by atoms with van der Waals surface area (Å²) in [7, 11) is 0. The molecule has 1 aliphatic carbocycles. The number of carbonyl (C=O) groups excluding carboxylic acids is 1. The van der Waals surface area contributed by atoms with Crippen molar-refractivity contribution in [1.29, 1.82) is 0 Å². The number of aromatic amines is 1. The first-order valence-electron chi connectivity index (χ1n) is 11.2. The van der Waals surface area contributed by atoms with Gasteiger partial charge in [-0.05, 0) is 57.5 Å². The number of fused-ring (bicyclic) bond motifs is 2. The summed E-state index contributed by atoms with van der Waals surface area (Å²) in [4.78, 5) is 30.9. The highest BCUT2D eigenvalue weighted by Gasteiger charge is 2.35. The molecule has 0 bridgehead atoms. The van der Waals surface area contributed by atoms with Gasteiger partial charge >= 0.3 is 0 Å². The molecular formula is C22H31N5O2. The van der Waals surface area contributed by atoms with Gasteiger partial charge in [0.05, 0.1) is 11.4 Å². The smallest absolute Gasteiger partial charge is 0.259 e. The van der Waals surface area contributed by atoms with Gasteiger partial charge in [-0.1, -0.05) is 19.3 Å². The number of aryl methyl sites for hydroxylation is 1. The van der Waals surface area contributed by atoms with E-state index in [0.29, 0.717) is 28.7 Å². The van der Waals surface area contributed by atoms with Gasteiger partial charge in [0, 0.05) is 25.1 Å². The van der Waals surface area contributed by atoms with Crippen LogP contribution in [0.25, 0.3) is 5.65 Å².